The molecule has 4 rings (SSSR count). The number of carbonyl (C=O) groups is 5. The standard InChI is InChI=1S/C59H81N5O17/c1-58(2,3)49(40-53(66)73-8)55(67)62-63(41-44-17-19-45(20-18-44)50-16-12-13-25-60-50)42-52(81-57(69)80-48-23-21-47(22-24-48)64(70)71)46(38-43-14-10-9-11-15-43)39-51(65)54(59(4,5)6)61-56(68)79-37-36-78-35-34-77-33-32-76-31-30-75-29-28-74-27-26-72-7/h9-25,46,49,52,54H,26-42H2,1-8H3,(H,61,68)(H,62,67)/t46-,49?,52+,54-/m1/s1. The van der Waals surface area contributed by atoms with Gasteiger partial charge in [-0.15, -0.1) is 0 Å². The Kier molecular flexibility index (Phi) is 29.4. The van der Waals surface area contributed by atoms with Crippen LogP contribution in [0.25, 0.3) is 11.3 Å². The van der Waals surface area contributed by atoms with Gasteiger partial charge in [-0.3, -0.25) is 34.9 Å². The van der Waals surface area contributed by atoms with E-state index in [1.54, 1.807) is 39.1 Å². The smallest absolute Gasteiger partial charge is 0.469 e. The normalized spacial score (nSPS) is 13.1. The van der Waals surface area contributed by atoms with E-state index in [4.69, 9.17) is 47.4 Å². The Bertz CT molecular complexity index is 2490. The Morgan fingerprint density at radius 1 is 0.654 bits per heavy atom. The largest absolute Gasteiger partial charge is 0.514 e. The second-order valence-corrected chi connectivity index (χ2v) is 21.0. The number of ketones is 1. The van der Waals surface area contributed by atoms with E-state index in [0.717, 1.165) is 22.4 Å². The molecule has 1 heterocycles. The number of amides is 2. The first kappa shape index (κ1) is 66.6. The summed E-state index contributed by atoms with van der Waals surface area (Å²) in [5, 5.41) is 15.7. The molecule has 2 N–H and O–H groups in total. The molecule has 4 aromatic rings. The number of methoxy groups -OCH3 is 2. The zero-order valence-corrected chi connectivity index (χ0v) is 47.9. The molecular formula is C59H81N5O17. The number of carbonyl (C=O) groups excluding carboxylic acids is 5. The van der Waals surface area contributed by atoms with Crippen molar-refractivity contribution >= 4 is 35.6 Å². The number of hydrogen-bond acceptors (Lipinski definition) is 19. The van der Waals surface area contributed by atoms with Crippen LogP contribution in [0.1, 0.15) is 65.5 Å². The minimum Gasteiger partial charge on any atom is -0.469 e. The summed E-state index contributed by atoms with van der Waals surface area (Å²) in [6, 6.07) is 26.0. The Morgan fingerprint density at radius 2 is 1.22 bits per heavy atom. The third-order valence-corrected chi connectivity index (χ3v) is 12.6. The minimum absolute atomic E-state index is 0.0422. The molecule has 0 radical (unpaired) electrons. The molecule has 0 aliphatic rings. The van der Waals surface area contributed by atoms with Gasteiger partial charge >= 0.3 is 18.2 Å². The van der Waals surface area contributed by atoms with Gasteiger partial charge in [0.25, 0.3) is 5.69 Å². The molecule has 3 aromatic carbocycles. The van der Waals surface area contributed by atoms with Crippen LogP contribution in [0.5, 0.6) is 5.75 Å². The summed E-state index contributed by atoms with van der Waals surface area (Å²) in [5.74, 6) is -3.33. The summed E-state index contributed by atoms with van der Waals surface area (Å²) in [6.45, 7) is 14.7. The number of esters is 1. The molecule has 0 spiro atoms. The number of alkyl carbamates (subject to hydrolysis) is 1. The number of hydrazine groups is 1. The molecular weight excluding hydrogens is 1050 g/mol. The first-order valence-electron chi connectivity index (χ1n) is 26.9. The lowest BCUT2D eigenvalue weighted by Crippen LogP contribution is -2.53. The van der Waals surface area contributed by atoms with Gasteiger partial charge < -0.3 is 52.7 Å². The molecule has 1 unspecified atom stereocenters. The Labute approximate surface area is 474 Å². The molecule has 0 bridgehead atoms. The zero-order valence-electron chi connectivity index (χ0n) is 47.9. The number of nitro benzene ring substituents is 1. The van der Waals surface area contributed by atoms with Gasteiger partial charge in [0.1, 0.15) is 18.5 Å². The number of nitrogens with one attached hydrogen (secondary N) is 2. The van der Waals surface area contributed by atoms with Crippen molar-refractivity contribution in [1.29, 1.82) is 0 Å². The van der Waals surface area contributed by atoms with Crippen molar-refractivity contribution in [2.75, 3.05) is 100 Å². The number of nitrogens with zero attached hydrogens (tertiary/aromatic N) is 3. The zero-order chi connectivity index (χ0) is 59.0. The summed E-state index contributed by atoms with van der Waals surface area (Å²) < 4.78 is 54.6. The van der Waals surface area contributed by atoms with E-state index in [-0.39, 0.29) is 70.2 Å². The van der Waals surface area contributed by atoms with Crippen LogP contribution in [0.15, 0.2) is 103 Å². The van der Waals surface area contributed by atoms with Crippen LogP contribution in [0.3, 0.4) is 0 Å². The van der Waals surface area contributed by atoms with Crippen LogP contribution < -0.4 is 15.5 Å². The van der Waals surface area contributed by atoms with Crippen molar-refractivity contribution in [3.8, 4) is 17.0 Å². The van der Waals surface area contributed by atoms with Gasteiger partial charge in [0.05, 0.1) is 115 Å². The molecule has 0 saturated carbocycles. The first-order chi connectivity index (χ1) is 38.8. The Hall–Kier alpha value is -6.92. The van der Waals surface area contributed by atoms with E-state index in [1.807, 2.05) is 93.6 Å². The van der Waals surface area contributed by atoms with E-state index in [1.165, 1.54) is 31.4 Å². The fourth-order valence-electron chi connectivity index (χ4n) is 8.22. The maximum atomic E-state index is 14.9. The lowest BCUT2D eigenvalue weighted by atomic mass is 9.78. The van der Waals surface area contributed by atoms with Gasteiger partial charge in [-0.25, -0.2) is 14.6 Å². The molecule has 2 amide bonds. The van der Waals surface area contributed by atoms with Crippen molar-refractivity contribution in [1.82, 2.24) is 20.7 Å². The summed E-state index contributed by atoms with van der Waals surface area (Å²) in [7, 11) is 2.86. The number of hydrogen-bond donors (Lipinski definition) is 2. The Morgan fingerprint density at radius 3 is 1.74 bits per heavy atom. The number of rotatable bonds is 37. The van der Waals surface area contributed by atoms with E-state index < -0.39 is 69.6 Å². The van der Waals surface area contributed by atoms with Crippen molar-refractivity contribution in [3.63, 3.8) is 0 Å². The minimum atomic E-state index is -1.25. The fourth-order valence-corrected chi connectivity index (χ4v) is 8.22. The average molecular weight is 1130 g/mol. The molecule has 444 valence electrons. The van der Waals surface area contributed by atoms with E-state index in [2.05, 4.69) is 15.7 Å². The highest BCUT2D eigenvalue weighted by atomic mass is 16.7. The molecule has 22 nitrogen and oxygen atoms in total. The highest BCUT2D eigenvalue weighted by Crippen LogP contribution is 2.31. The summed E-state index contributed by atoms with van der Waals surface area (Å²) >= 11 is 0. The fraction of sp³-hybridized carbons (Fsp3) is 0.525. The molecule has 1 aromatic heterocycles. The third kappa shape index (κ3) is 26.0. The molecule has 0 fully saturated rings. The van der Waals surface area contributed by atoms with Crippen molar-refractivity contribution in [2.24, 2.45) is 22.7 Å². The van der Waals surface area contributed by atoms with Gasteiger partial charge in [0.15, 0.2) is 5.78 Å². The molecule has 0 aliphatic carbocycles. The number of benzene rings is 3. The highest BCUT2D eigenvalue weighted by Gasteiger charge is 2.39. The topological polar surface area (TPSA) is 261 Å². The van der Waals surface area contributed by atoms with Crippen LogP contribution in [0.4, 0.5) is 15.3 Å². The van der Waals surface area contributed by atoms with E-state index >= 15 is 0 Å². The number of pyridine rings is 1. The maximum absolute atomic E-state index is 14.9. The van der Waals surface area contributed by atoms with Crippen LogP contribution >= 0.6 is 0 Å². The van der Waals surface area contributed by atoms with E-state index in [9.17, 15) is 34.1 Å². The first-order valence-corrected chi connectivity index (χ1v) is 26.9. The predicted molar refractivity (Wildman–Crippen MR) is 299 cm³/mol. The molecule has 0 aliphatic heterocycles. The van der Waals surface area contributed by atoms with Gasteiger partial charge in [0.2, 0.25) is 5.91 Å². The lowest BCUT2D eigenvalue weighted by Gasteiger charge is -2.36. The molecule has 0 saturated heterocycles. The van der Waals surface area contributed by atoms with Crippen LogP contribution in [-0.4, -0.2) is 157 Å². The van der Waals surface area contributed by atoms with Crippen molar-refractivity contribution in [3.05, 3.63) is 124 Å². The van der Waals surface area contributed by atoms with Crippen molar-refractivity contribution in [2.45, 2.75) is 79.5 Å². The number of nitro groups is 1. The molecule has 4 atom stereocenters. The van der Waals surface area contributed by atoms with E-state index in [0.29, 0.717) is 52.9 Å². The SMILES string of the molecule is COCCOCCOCCOCCOCCOCCOC(=O)N[C@H](C(=O)C[C@@H](Cc1ccccc1)[C@H](CN(Cc1ccc(-c2ccccn2)cc1)NC(=O)C(CC(=O)OC)C(C)(C)C)OC(=O)Oc1ccc([N+](=O)[O-])cc1)C(C)(C)C. The number of ether oxygens (including phenoxy) is 10. The van der Waals surface area contributed by atoms with Crippen LogP contribution in [0.2, 0.25) is 0 Å². The second-order valence-electron chi connectivity index (χ2n) is 21.0. The second kappa shape index (κ2) is 35.7. The third-order valence-electron chi connectivity index (χ3n) is 12.6. The quantitative estimate of drug-likeness (QED) is 0.0108. The van der Waals surface area contributed by atoms with Crippen LogP contribution in [-0.2, 0) is 70.0 Å². The summed E-state index contributed by atoms with van der Waals surface area (Å²) in [4.78, 5) is 84.8. The summed E-state index contributed by atoms with van der Waals surface area (Å²) in [5.41, 5.74) is 4.27. The summed E-state index contributed by atoms with van der Waals surface area (Å²) in [6.07, 6.45) is -1.96. The number of non-ortho nitro benzene ring substituents is 1. The average Bonchev–Trinajstić information content (AvgIpc) is 3.45. The Balaban J connectivity index is 1.55. The van der Waals surface area contributed by atoms with Crippen molar-refractivity contribution < 1.29 is 76.3 Å². The van der Waals surface area contributed by atoms with Crippen LogP contribution in [0, 0.1) is 32.8 Å². The van der Waals surface area contributed by atoms with Gasteiger partial charge in [-0.1, -0.05) is 102 Å². The van der Waals surface area contributed by atoms with Gasteiger partial charge in [-0.05, 0) is 52.6 Å². The lowest BCUT2D eigenvalue weighted by molar-refractivity contribution is -0.384. The maximum Gasteiger partial charge on any atom is 0.514 e. The highest BCUT2D eigenvalue weighted by molar-refractivity contribution is 5.88. The molecule has 81 heavy (non-hydrogen) atoms. The number of aromatic nitrogens is 1. The van der Waals surface area contributed by atoms with Gasteiger partial charge in [-0.2, -0.15) is 0 Å². The van der Waals surface area contributed by atoms with Gasteiger partial charge in [0, 0.05) is 49.9 Å². The number of Topliss-reactive ketones (excluding diaryl/α,β-unsaturated/α-hetero) is 1. The monoisotopic (exact) mass is 1130 g/mol. The molecule has 22 heteroatoms. The predicted octanol–water partition coefficient (Wildman–Crippen LogP) is 7.99.